The van der Waals surface area contributed by atoms with Gasteiger partial charge in [0.05, 0.1) is 31.1 Å². The van der Waals surface area contributed by atoms with Crippen molar-refractivity contribution in [3.63, 3.8) is 0 Å². The Kier molecular flexibility index (Phi) is 5.55. The minimum absolute atomic E-state index is 0.240. The minimum atomic E-state index is -0.323. The van der Waals surface area contributed by atoms with Crippen LogP contribution in [0.15, 0.2) is 54.9 Å². The highest BCUT2D eigenvalue weighted by Gasteiger charge is 2.21. The van der Waals surface area contributed by atoms with Gasteiger partial charge >= 0.3 is 0 Å². The van der Waals surface area contributed by atoms with E-state index in [9.17, 15) is 9.50 Å². The number of nitrogens with zero attached hydrogens (tertiary/aromatic N) is 5. The largest absolute Gasteiger partial charge is 0.496 e. The van der Waals surface area contributed by atoms with Crippen LogP contribution in [0.3, 0.4) is 0 Å². The number of fused-ring (bicyclic) bond motifs is 1. The zero-order chi connectivity index (χ0) is 22.9. The lowest BCUT2D eigenvalue weighted by Gasteiger charge is -2.18. The first-order valence-corrected chi connectivity index (χ1v) is 10.9. The summed E-state index contributed by atoms with van der Waals surface area (Å²) in [6, 6.07) is 11.9. The van der Waals surface area contributed by atoms with E-state index >= 15 is 0 Å². The van der Waals surface area contributed by atoms with Gasteiger partial charge in [-0.05, 0) is 55.8 Å². The van der Waals surface area contributed by atoms with Crippen molar-refractivity contribution in [1.82, 2.24) is 19.6 Å². The molecule has 0 amide bonds. The molecule has 2 atom stereocenters. The summed E-state index contributed by atoms with van der Waals surface area (Å²) in [6.07, 6.45) is 3.97. The van der Waals surface area contributed by atoms with Crippen LogP contribution in [0, 0.1) is 5.82 Å². The van der Waals surface area contributed by atoms with Crippen molar-refractivity contribution >= 4 is 17.2 Å². The topological polar surface area (TPSA) is 87.8 Å². The molecule has 1 saturated heterocycles. The lowest BCUT2D eigenvalue weighted by Crippen LogP contribution is -2.21. The van der Waals surface area contributed by atoms with Gasteiger partial charge in [0.1, 0.15) is 23.1 Å². The van der Waals surface area contributed by atoms with Crippen LogP contribution in [-0.4, -0.2) is 51.0 Å². The summed E-state index contributed by atoms with van der Waals surface area (Å²) in [5, 5.41) is 17.9. The molecular weight excluding hydrogens is 423 g/mol. The summed E-state index contributed by atoms with van der Waals surface area (Å²) in [5.41, 5.74) is 3.90. The van der Waals surface area contributed by atoms with Crippen LogP contribution >= 0.6 is 0 Å². The van der Waals surface area contributed by atoms with E-state index in [4.69, 9.17) is 9.84 Å². The first-order valence-electron chi connectivity index (χ1n) is 10.9. The Balaban J connectivity index is 1.45. The van der Waals surface area contributed by atoms with E-state index < -0.39 is 0 Å². The smallest absolute Gasteiger partial charge is 0.154 e. The van der Waals surface area contributed by atoms with Crippen LogP contribution in [-0.2, 0) is 0 Å². The standard InChI is InChI=1S/C24H25FN6O2/c1-15(19-11-16(25)3-4-22(19)33-2)28-23-5-6-24-27-13-21(31(24)29-23)20-12-17(7-9-26-20)30-10-8-18(32)14-30/h3-7,9,11-13,15,18,32H,8,10,14H2,1-2H3,(H,28,29)/t15-,18-/m1/s1. The van der Waals surface area contributed by atoms with Crippen molar-refractivity contribution in [1.29, 1.82) is 0 Å². The van der Waals surface area contributed by atoms with Gasteiger partial charge in [-0.25, -0.2) is 13.9 Å². The van der Waals surface area contributed by atoms with Gasteiger partial charge in [-0.1, -0.05) is 0 Å². The van der Waals surface area contributed by atoms with E-state index in [2.05, 4.69) is 20.2 Å². The summed E-state index contributed by atoms with van der Waals surface area (Å²) < 4.78 is 20.9. The number of aliphatic hydroxyl groups excluding tert-OH is 1. The molecule has 1 aliphatic rings. The lowest BCUT2D eigenvalue weighted by atomic mass is 10.1. The van der Waals surface area contributed by atoms with Gasteiger partial charge in [0.15, 0.2) is 5.65 Å². The van der Waals surface area contributed by atoms with Crippen LogP contribution in [0.2, 0.25) is 0 Å². The molecule has 1 fully saturated rings. The van der Waals surface area contributed by atoms with Crippen molar-refractivity contribution in [3.8, 4) is 17.1 Å². The summed E-state index contributed by atoms with van der Waals surface area (Å²) in [5.74, 6) is 0.893. The SMILES string of the molecule is COc1ccc(F)cc1[C@@H](C)Nc1ccc2ncc(-c3cc(N4CC[C@@H](O)C4)ccn3)n2n1. The van der Waals surface area contributed by atoms with Crippen LogP contribution in [0.4, 0.5) is 15.9 Å². The van der Waals surface area contributed by atoms with Crippen LogP contribution in [0.5, 0.6) is 5.75 Å². The number of nitrogens with one attached hydrogen (secondary N) is 1. The molecule has 0 bridgehead atoms. The number of hydrogen-bond acceptors (Lipinski definition) is 7. The fourth-order valence-electron chi connectivity index (χ4n) is 4.20. The first-order chi connectivity index (χ1) is 16.0. The number of pyridine rings is 1. The summed E-state index contributed by atoms with van der Waals surface area (Å²) in [6.45, 7) is 3.35. The summed E-state index contributed by atoms with van der Waals surface area (Å²) in [7, 11) is 1.56. The van der Waals surface area contributed by atoms with Crippen molar-refractivity contribution in [2.75, 3.05) is 30.4 Å². The van der Waals surface area contributed by atoms with E-state index in [1.54, 1.807) is 30.1 Å². The number of β-amino-alcohol motifs (C(OH)–C–C–N with tert-alkyl or cyclic N) is 1. The molecule has 5 rings (SSSR count). The Morgan fingerprint density at radius 1 is 1.18 bits per heavy atom. The molecule has 2 N–H and O–H groups in total. The highest BCUT2D eigenvalue weighted by Crippen LogP contribution is 2.29. The maximum atomic E-state index is 13.8. The monoisotopic (exact) mass is 448 g/mol. The molecule has 8 nitrogen and oxygen atoms in total. The van der Waals surface area contributed by atoms with E-state index in [1.165, 1.54) is 12.1 Å². The number of hydrogen-bond donors (Lipinski definition) is 2. The third-order valence-electron chi connectivity index (χ3n) is 5.92. The maximum Gasteiger partial charge on any atom is 0.154 e. The molecule has 0 saturated carbocycles. The van der Waals surface area contributed by atoms with Gasteiger partial charge in [-0.3, -0.25) is 4.98 Å². The van der Waals surface area contributed by atoms with E-state index in [1.807, 2.05) is 31.2 Å². The molecule has 170 valence electrons. The molecule has 33 heavy (non-hydrogen) atoms. The molecule has 0 unspecified atom stereocenters. The van der Waals surface area contributed by atoms with Gasteiger partial charge < -0.3 is 20.1 Å². The van der Waals surface area contributed by atoms with Crippen molar-refractivity contribution in [3.05, 3.63) is 66.2 Å². The maximum absolute atomic E-state index is 13.8. The van der Waals surface area contributed by atoms with Gasteiger partial charge in [-0.2, -0.15) is 0 Å². The molecule has 1 aliphatic heterocycles. The Morgan fingerprint density at radius 3 is 2.85 bits per heavy atom. The molecular formula is C24H25FN6O2. The zero-order valence-corrected chi connectivity index (χ0v) is 18.4. The third-order valence-corrected chi connectivity index (χ3v) is 5.92. The van der Waals surface area contributed by atoms with Crippen molar-refractivity contribution < 1.29 is 14.2 Å². The normalized spacial score (nSPS) is 16.8. The van der Waals surface area contributed by atoms with Crippen LogP contribution < -0.4 is 15.0 Å². The number of ether oxygens (including phenoxy) is 1. The highest BCUT2D eigenvalue weighted by molar-refractivity contribution is 5.65. The second kappa shape index (κ2) is 8.67. The second-order valence-corrected chi connectivity index (χ2v) is 8.17. The predicted molar refractivity (Wildman–Crippen MR) is 124 cm³/mol. The fourth-order valence-corrected chi connectivity index (χ4v) is 4.20. The second-order valence-electron chi connectivity index (χ2n) is 8.17. The van der Waals surface area contributed by atoms with E-state index in [0.29, 0.717) is 29.3 Å². The molecule has 0 radical (unpaired) electrons. The number of aliphatic hydroxyl groups is 1. The van der Waals surface area contributed by atoms with Crippen LogP contribution in [0.25, 0.3) is 17.0 Å². The van der Waals surface area contributed by atoms with E-state index in [-0.39, 0.29) is 18.0 Å². The highest BCUT2D eigenvalue weighted by atomic mass is 19.1. The van der Waals surface area contributed by atoms with Crippen molar-refractivity contribution in [2.45, 2.75) is 25.5 Å². The molecule has 0 spiro atoms. The Hall–Kier alpha value is -3.72. The average molecular weight is 449 g/mol. The fraction of sp³-hybridized carbons (Fsp3) is 0.292. The number of anilines is 2. The molecule has 4 heterocycles. The lowest BCUT2D eigenvalue weighted by molar-refractivity contribution is 0.198. The van der Waals surface area contributed by atoms with E-state index in [0.717, 1.165) is 30.0 Å². The minimum Gasteiger partial charge on any atom is -0.496 e. The Labute approximate surface area is 190 Å². The molecule has 4 aromatic rings. The quantitative estimate of drug-likeness (QED) is 0.465. The van der Waals surface area contributed by atoms with Gasteiger partial charge in [0, 0.05) is 30.5 Å². The number of imidazole rings is 1. The third kappa shape index (κ3) is 4.19. The number of benzene rings is 1. The van der Waals surface area contributed by atoms with Gasteiger partial charge in [0.2, 0.25) is 0 Å². The Bertz CT molecular complexity index is 1290. The number of rotatable bonds is 6. The number of methoxy groups -OCH3 is 1. The van der Waals surface area contributed by atoms with Gasteiger partial charge in [-0.15, -0.1) is 5.10 Å². The summed E-state index contributed by atoms with van der Waals surface area (Å²) >= 11 is 0. The number of aromatic nitrogens is 4. The summed E-state index contributed by atoms with van der Waals surface area (Å²) in [4.78, 5) is 11.1. The predicted octanol–water partition coefficient (Wildman–Crippen LogP) is 3.68. The molecule has 3 aromatic heterocycles. The molecule has 0 aliphatic carbocycles. The first kappa shape index (κ1) is 21.1. The number of halogens is 1. The Morgan fingerprint density at radius 2 is 2.06 bits per heavy atom. The zero-order valence-electron chi connectivity index (χ0n) is 18.4. The average Bonchev–Trinajstić information content (AvgIpc) is 3.45. The molecule has 9 heteroatoms. The van der Waals surface area contributed by atoms with Gasteiger partial charge in [0.25, 0.3) is 0 Å². The molecule has 1 aromatic carbocycles. The van der Waals surface area contributed by atoms with Crippen LogP contribution in [0.1, 0.15) is 24.9 Å². The van der Waals surface area contributed by atoms with Crippen molar-refractivity contribution in [2.24, 2.45) is 0 Å².